The predicted molar refractivity (Wildman–Crippen MR) is 12.8 cm³/mol. The van der Waals surface area contributed by atoms with E-state index in [-0.39, 0.29) is 0 Å². The summed E-state index contributed by atoms with van der Waals surface area (Å²) >= 11 is 0. The maximum Gasteiger partial charge on any atom is 0.329 e. The van der Waals surface area contributed by atoms with E-state index >= 15 is 0 Å². The molecule has 0 aromatic carbocycles. The van der Waals surface area contributed by atoms with Crippen LogP contribution in [0, 0.1) is 0 Å². The fourth-order valence-corrected chi connectivity index (χ4v) is 0.0840. The average molecular weight is 110 g/mol. The van der Waals surface area contributed by atoms with Crippen LogP contribution < -0.4 is 10.0 Å². The van der Waals surface area contributed by atoms with Crippen molar-refractivity contribution < 1.29 is 23.5 Å². The highest BCUT2D eigenvalue weighted by atomic mass is 19.3. The molecule has 0 saturated carbocycles. The van der Waals surface area contributed by atoms with E-state index in [4.69, 9.17) is 10.0 Å². The Labute approximate surface area is 38.7 Å². The van der Waals surface area contributed by atoms with Crippen molar-refractivity contribution in [1.29, 1.82) is 0 Å². The van der Waals surface area contributed by atoms with Gasteiger partial charge < -0.3 is 14.7 Å². The van der Waals surface area contributed by atoms with Crippen LogP contribution in [0.15, 0.2) is 0 Å². The second kappa shape index (κ2) is 2.89. The molecule has 6 heteroatoms. The van der Waals surface area contributed by atoms with Crippen LogP contribution in [0.25, 0.3) is 0 Å². The molecular weight excluding hydrogens is 109 g/mol. The molecular formula is CHBF2O3-2. The maximum atomic E-state index is 10.7. The summed E-state index contributed by atoms with van der Waals surface area (Å²) in [5.74, 6) is 0. The molecule has 0 heterocycles. The minimum Gasteiger partial charge on any atom is -0.870 e. The van der Waals surface area contributed by atoms with Crippen LogP contribution in [0.4, 0.5) is 8.78 Å². The lowest BCUT2D eigenvalue weighted by Gasteiger charge is -2.24. The standard InChI is InChI=1S/CHBF2O3/c3-1(4)7-2(5)6/h1H/q-2. The Bertz CT molecular complexity index is 42.2. The quantitative estimate of drug-likeness (QED) is 0.383. The van der Waals surface area contributed by atoms with Gasteiger partial charge in [0.15, 0.2) is 0 Å². The first-order chi connectivity index (χ1) is 3.13. The van der Waals surface area contributed by atoms with Gasteiger partial charge in [-0.2, -0.15) is 8.78 Å². The van der Waals surface area contributed by atoms with Crippen LogP contribution >= 0.6 is 0 Å². The molecule has 0 spiro atoms. The zero-order valence-electron chi connectivity index (χ0n) is 3.14. The normalized spacial score (nSPS) is 9.86. The first-order valence-corrected chi connectivity index (χ1v) is 1.38. The monoisotopic (exact) mass is 110 g/mol. The van der Waals surface area contributed by atoms with Gasteiger partial charge in [0, 0.05) is 0 Å². The van der Waals surface area contributed by atoms with Gasteiger partial charge in [-0.3, -0.25) is 0 Å². The van der Waals surface area contributed by atoms with Gasteiger partial charge in [0.05, 0.1) is 7.32 Å². The maximum absolute atomic E-state index is 10.7. The first-order valence-electron chi connectivity index (χ1n) is 1.38. The van der Waals surface area contributed by atoms with E-state index in [0.717, 1.165) is 0 Å². The highest BCUT2D eigenvalue weighted by Gasteiger charge is 1.94. The van der Waals surface area contributed by atoms with Gasteiger partial charge in [-0.05, 0) is 0 Å². The lowest BCUT2D eigenvalue weighted by atomic mass is 10.3. The van der Waals surface area contributed by atoms with E-state index in [1.54, 1.807) is 0 Å². The fraction of sp³-hybridized carbons (Fsp3) is 1.00. The highest BCUT2D eigenvalue weighted by molar-refractivity contribution is 6.28. The molecule has 0 aromatic rings. The van der Waals surface area contributed by atoms with E-state index in [2.05, 4.69) is 4.65 Å². The van der Waals surface area contributed by atoms with Crippen molar-refractivity contribution in [3.63, 3.8) is 0 Å². The Morgan fingerprint density at radius 3 is 1.86 bits per heavy atom. The minimum absolute atomic E-state index is 2.81. The van der Waals surface area contributed by atoms with E-state index in [1.807, 2.05) is 0 Å². The lowest BCUT2D eigenvalue weighted by Crippen LogP contribution is -2.48. The summed E-state index contributed by atoms with van der Waals surface area (Å²) < 4.78 is 24.1. The van der Waals surface area contributed by atoms with Gasteiger partial charge in [0.1, 0.15) is 0 Å². The molecule has 0 aliphatic carbocycles. The molecule has 0 aromatic heterocycles. The third kappa shape index (κ3) is 5.80. The third-order valence-electron chi connectivity index (χ3n) is 0.214. The Hall–Kier alpha value is -0.195. The second-order valence-electron chi connectivity index (χ2n) is 0.685. The van der Waals surface area contributed by atoms with Gasteiger partial charge in [-0.1, -0.05) is 0 Å². The summed E-state index contributed by atoms with van der Waals surface area (Å²) in [5, 5.41) is 18.2. The zero-order chi connectivity index (χ0) is 5.86. The van der Waals surface area contributed by atoms with Crippen LogP contribution in [-0.4, -0.2) is 13.9 Å². The van der Waals surface area contributed by atoms with Crippen LogP contribution in [-0.2, 0) is 4.65 Å². The third-order valence-corrected chi connectivity index (χ3v) is 0.214. The van der Waals surface area contributed by atoms with Gasteiger partial charge in [0.2, 0.25) is 0 Å². The van der Waals surface area contributed by atoms with Crippen molar-refractivity contribution in [3.8, 4) is 0 Å². The van der Waals surface area contributed by atoms with E-state index in [9.17, 15) is 8.78 Å². The van der Waals surface area contributed by atoms with Crippen molar-refractivity contribution in [2.24, 2.45) is 0 Å². The van der Waals surface area contributed by atoms with Crippen molar-refractivity contribution in [2.75, 3.05) is 0 Å². The minimum atomic E-state index is -3.25. The van der Waals surface area contributed by atoms with Crippen LogP contribution in [0.5, 0.6) is 0 Å². The zero-order valence-corrected chi connectivity index (χ0v) is 3.14. The molecule has 0 rings (SSSR count). The molecule has 0 atom stereocenters. The number of hydrogen-bond acceptors (Lipinski definition) is 3. The summed E-state index contributed by atoms with van der Waals surface area (Å²) in [4.78, 5) is 0. The highest BCUT2D eigenvalue weighted by Crippen LogP contribution is 1.90. The Balaban J connectivity index is 2.95. The van der Waals surface area contributed by atoms with Crippen molar-refractivity contribution in [2.45, 2.75) is 6.61 Å². The Morgan fingerprint density at radius 1 is 1.43 bits per heavy atom. The molecule has 42 valence electrons. The number of hydrogen-bond donors (Lipinski definition) is 0. The Morgan fingerprint density at radius 2 is 1.86 bits per heavy atom. The molecule has 0 saturated heterocycles. The smallest absolute Gasteiger partial charge is 0.329 e. The van der Waals surface area contributed by atoms with Gasteiger partial charge in [-0.25, -0.2) is 0 Å². The Kier molecular flexibility index (Phi) is 2.81. The van der Waals surface area contributed by atoms with E-state index in [1.165, 1.54) is 0 Å². The summed E-state index contributed by atoms with van der Waals surface area (Å²) in [6.07, 6.45) is 0. The molecule has 0 N–H and O–H groups in total. The van der Waals surface area contributed by atoms with Gasteiger partial charge >= 0.3 is 6.61 Å². The summed E-state index contributed by atoms with van der Waals surface area (Å²) in [6, 6.07) is 0. The number of rotatable bonds is 2. The van der Waals surface area contributed by atoms with Crippen molar-refractivity contribution in [1.82, 2.24) is 0 Å². The van der Waals surface area contributed by atoms with Crippen molar-refractivity contribution in [3.05, 3.63) is 0 Å². The molecule has 0 aliphatic heterocycles. The van der Waals surface area contributed by atoms with Gasteiger partial charge in [0.25, 0.3) is 0 Å². The average Bonchev–Trinajstić information content (AvgIpc) is 1.27. The largest absolute Gasteiger partial charge is 0.870 e. The van der Waals surface area contributed by atoms with Crippen LogP contribution in [0.3, 0.4) is 0 Å². The number of alkyl halides is 2. The predicted octanol–water partition coefficient (Wildman–Crippen LogP) is -2.07. The molecule has 0 amide bonds. The molecule has 0 unspecified atom stereocenters. The number of halogens is 2. The van der Waals surface area contributed by atoms with Crippen LogP contribution in [0.1, 0.15) is 0 Å². The SMILES string of the molecule is [O-]B([O-])OC(F)F. The molecule has 0 radical (unpaired) electrons. The molecule has 7 heavy (non-hydrogen) atoms. The van der Waals surface area contributed by atoms with Crippen molar-refractivity contribution >= 4 is 7.32 Å². The lowest BCUT2D eigenvalue weighted by molar-refractivity contribution is -0.393. The topological polar surface area (TPSA) is 55.3 Å². The molecule has 3 nitrogen and oxygen atoms in total. The van der Waals surface area contributed by atoms with Gasteiger partial charge in [-0.15, -0.1) is 0 Å². The molecule has 0 fully saturated rings. The summed E-state index contributed by atoms with van der Waals surface area (Å²) in [7, 11) is -2.88. The summed E-state index contributed by atoms with van der Waals surface area (Å²) in [5.41, 5.74) is 0. The molecule has 0 bridgehead atoms. The molecule has 0 aliphatic rings. The van der Waals surface area contributed by atoms with E-state index < -0.39 is 13.9 Å². The first kappa shape index (κ1) is 6.80. The second-order valence-corrected chi connectivity index (χ2v) is 0.685. The van der Waals surface area contributed by atoms with Crippen LogP contribution in [0.2, 0.25) is 0 Å². The summed E-state index contributed by atoms with van der Waals surface area (Å²) in [6.45, 7) is -3.25. The fourth-order valence-electron chi connectivity index (χ4n) is 0.0840. The van der Waals surface area contributed by atoms with E-state index in [0.29, 0.717) is 0 Å².